The minimum Gasteiger partial charge on any atom is -0.330 e. The standard InChI is InChI=1S/C13H27N3O2S/c1-12-4-2-8-15(10-12)19(17,18)16-9-3-5-13(11-16)6-7-14/h12-13H,2-11,14H2,1H3. The first-order valence-electron chi connectivity index (χ1n) is 7.49. The van der Waals surface area contributed by atoms with E-state index in [0.29, 0.717) is 44.6 Å². The summed E-state index contributed by atoms with van der Waals surface area (Å²) in [7, 11) is -3.24. The number of hydrogen-bond acceptors (Lipinski definition) is 3. The van der Waals surface area contributed by atoms with Crippen LogP contribution in [0.25, 0.3) is 0 Å². The van der Waals surface area contributed by atoms with Crippen molar-refractivity contribution in [2.24, 2.45) is 17.6 Å². The second-order valence-electron chi connectivity index (χ2n) is 6.06. The van der Waals surface area contributed by atoms with Crippen LogP contribution in [-0.4, -0.2) is 49.8 Å². The molecule has 0 aromatic heterocycles. The van der Waals surface area contributed by atoms with Crippen LogP contribution in [0.1, 0.15) is 39.0 Å². The molecule has 112 valence electrons. The Morgan fingerprint density at radius 1 is 1.11 bits per heavy atom. The van der Waals surface area contributed by atoms with Crippen LogP contribution in [0.5, 0.6) is 0 Å². The van der Waals surface area contributed by atoms with Crippen molar-refractivity contribution < 1.29 is 8.42 Å². The Kier molecular flexibility index (Phi) is 5.22. The van der Waals surface area contributed by atoms with Crippen molar-refractivity contribution >= 4 is 10.2 Å². The van der Waals surface area contributed by atoms with Crippen LogP contribution >= 0.6 is 0 Å². The van der Waals surface area contributed by atoms with E-state index >= 15 is 0 Å². The first-order chi connectivity index (χ1) is 9.04. The molecule has 0 amide bonds. The highest BCUT2D eigenvalue weighted by atomic mass is 32.2. The maximum absolute atomic E-state index is 12.7. The normalized spacial score (nSPS) is 31.5. The zero-order chi connectivity index (χ0) is 13.9. The second kappa shape index (κ2) is 6.52. The quantitative estimate of drug-likeness (QED) is 0.840. The molecule has 0 bridgehead atoms. The molecule has 2 rings (SSSR count). The summed E-state index contributed by atoms with van der Waals surface area (Å²) < 4.78 is 28.7. The van der Waals surface area contributed by atoms with E-state index in [1.807, 2.05) is 0 Å². The maximum atomic E-state index is 12.7. The fraction of sp³-hybridized carbons (Fsp3) is 1.00. The SMILES string of the molecule is CC1CCCN(S(=O)(=O)N2CCCC(CCN)C2)C1. The summed E-state index contributed by atoms with van der Waals surface area (Å²) >= 11 is 0. The highest BCUT2D eigenvalue weighted by Crippen LogP contribution is 2.26. The van der Waals surface area contributed by atoms with Crippen molar-refractivity contribution in [2.45, 2.75) is 39.0 Å². The number of hydrogen-bond donors (Lipinski definition) is 1. The van der Waals surface area contributed by atoms with Gasteiger partial charge in [0, 0.05) is 26.2 Å². The average Bonchev–Trinajstić information content (AvgIpc) is 2.39. The van der Waals surface area contributed by atoms with Gasteiger partial charge >= 0.3 is 0 Å². The molecule has 2 N–H and O–H groups in total. The van der Waals surface area contributed by atoms with Gasteiger partial charge in [-0.1, -0.05) is 6.92 Å². The van der Waals surface area contributed by atoms with Crippen LogP contribution in [-0.2, 0) is 10.2 Å². The van der Waals surface area contributed by atoms with Gasteiger partial charge in [-0.25, -0.2) is 0 Å². The molecule has 2 heterocycles. The van der Waals surface area contributed by atoms with Gasteiger partial charge < -0.3 is 5.73 Å². The van der Waals surface area contributed by atoms with E-state index in [0.717, 1.165) is 32.1 Å². The minimum atomic E-state index is -3.24. The molecule has 0 aromatic carbocycles. The summed E-state index contributed by atoms with van der Waals surface area (Å²) in [4.78, 5) is 0. The lowest BCUT2D eigenvalue weighted by Crippen LogP contribution is -2.50. The zero-order valence-corrected chi connectivity index (χ0v) is 12.7. The second-order valence-corrected chi connectivity index (χ2v) is 7.99. The molecule has 5 nitrogen and oxygen atoms in total. The predicted molar refractivity (Wildman–Crippen MR) is 76.9 cm³/mol. The van der Waals surface area contributed by atoms with E-state index in [2.05, 4.69) is 6.92 Å². The summed E-state index contributed by atoms with van der Waals surface area (Å²) in [6.07, 6.45) is 5.14. The molecular weight excluding hydrogens is 262 g/mol. The molecule has 2 unspecified atom stereocenters. The van der Waals surface area contributed by atoms with E-state index in [1.165, 1.54) is 0 Å². The third kappa shape index (κ3) is 3.68. The van der Waals surface area contributed by atoms with Gasteiger partial charge in [0.1, 0.15) is 0 Å². The first-order valence-corrected chi connectivity index (χ1v) is 8.89. The third-order valence-corrected chi connectivity index (χ3v) is 6.30. The largest absolute Gasteiger partial charge is 0.330 e. The van der Waals surface area contributed by atoms with Gasteiger partial charge in [0.25, 0.3) is 10.2 Å². The lowest BCUT2D eigenvalue weighted by atomic mass is 9.96. The van der Waals surface area contributed by atoms with Crippen LogP contribution in [0.4, 0.5) is 0 Å². The monoisotopic (exact) mass is 289 g/mol. The number of nitrogens with two attached hydrogens (primary N) is 1. The van der Waals surface area contributed by atoms with Crippen molar-refractivity contribution in [1.29, 1.82) is 0 Å². The van der Waals surface area contributed by atoms with Crippen molar-refractivity contribution in [1.82, 2.24) is 8.61 Å². The van der Waals surface area contributed by atoms with E-state index in [9.17, 15) is 8.42 Å². The lowest BCUT2D eigenvalue weighted by molar-refractivity contribution is 0.219. The molecule has 6 heteroatoms. The van der Waals surface area contributed by atoms with Gasteiger partial charge in [-0.2, -0.15) is 17.0 Å². The molecular formula is C13H27N3O2S. The van der Waals surface area contributed by atoms with Gasteiger partial charge in [0.05, 0.1) is 0 Å². The van der Waals surface area contributed by atoms with Crippen molar-refractivity contribution in [3.63, 3.8) is 0 Å². The predicted octanol–water partition coefficient (Wildman–Crippen LogP) is 1.02. The Labute approximate surface area is 117 Å². The van der Waals surface area contributed by atoms with Crippen LogP contribution in [0, 0.1) is 11.8 Å². The topological polar surface area (TPSA) is 66.6 Å². The molecule has 2 aliphatic rings. The van der Waals surface area contributed by atoms with Crippen molar-refractivity contribution in [3.05, 3.63) is 0 Å². The lowest BCUT2D eigenvalue weighted by Gasteiger charge is -2.38. The van der Waals surface area contributed by atoms with E-state index in [4.69, 9.17) is 5.73 Å². The molecule has 0 saturated carbocycles. The van der Waals surface area contributed by atoms with Crippen LogP contribution < -0.4 is 5.73 Å². The molecule has 2 aliphatic heterocycles. The summed E-state index contributed by atoms with van der Waals surface area (Å²) in [6, 6.07) is 0. The molecule has 0 radical (unpaired) electrons. The van der Waals surface area contributed by atoms with Gasteiger partial charge in [0.2, 0.25) is 0 Å². The van der Waals surface area contributed by atoms with Gasteiger partial charge in [0.15, 0.2) is 0 Å². The molecule has 0 aromatic rings. The average molecular weight is 289 g/mol. The maximum Gasteiger partial charge on any atom is 0.281 e. The number of rotatable bonds is 4. The molecule has 0 spiro atoms. The number of piperidine rings is 2. The van der Waals surface area contributed by atoms with Gasteiger partial charge in [-0.15, -0.1) is 0 Å². The van der Waals surface area contributed by atoms with Crippen molar-refractivity contribution in [3.8, 4) is 0 Å². The molecule has 2 saturated heterocycles. The first kappa shape index (κ1) is 15.2. The molecule has 0 aliphatic carbocycles. The van der Waals surface area contributed by atoms with E-state index in [1.54, 1.807) is 8.61 Å². The van der Waals surface area contributed by atoms with Crippen LogP contribution in [0.2, 0.25) is 0 Å². The Morgan fingerprint density at radius 3 is 2.37 bits per heavy atom. The smallest absolute Gasteiger partial charge is 0.281 e. The fourth-order valence-electron chi connectivity index (χ4n) is 3.23. The summed E-state index contributed by atoms with van der Waals surface area (Å²) in [5, 5.41) is 0. The van der Waals surface area contributed by atoms with E-state index in [-0.39, 0.29) is 0 Å². The minimum absolute atomic E-state index is 0.440. The highest BCUT2D eigenvalue weighted by molar-refractivity contribution is 7.86. The highest BCUT2D eigenvalue weighted by Gasteiger charge is 2.35. The molecule has 19 heavy (non-hydrogen) atoms. The molecule has 2 atom stereocenters. The van der Waals surface area contributed by atoms with E-state index < -0.39 is 10.2 Å². The third-order valence-electron chi connectivity index (χ3n) is 4.33. The fourth-order valence-corrected chi connectivity index (χ4v) is 5.12. The van der Waals surface area contributed by atoms with Gasteiger partial charge in [-0.3, -0.25) is 0 Å². The Balaban J connectivity index is 2.02. The Bertz CT molecular complexity index is 383. The number of nitrogens with zero attached hydrogens (tertiary/aromatic N) is 2. The zero-order valence-electron chi connectivity index (χ0n) is 11.9. The Hall–Kier alpha value is -0.170. The summed E-state index contributed by atoms with van der Waals surface area (Å²) in [5.41, 5.74) is 5.60. The Morgan fingerprint density at radius 2 is 1.74 bits per heavy atom. The van der Waals surface area contributed by atoms with Crippen LogP contribution in [0.3, 0.4) is 0 Å². The van der Waals surface area contributed by atoms with Crippen molar-refractivity contribution in [2.75, 3.05) is 32.7 Å². The van der Waals surface area contributed by atoms with Crippen LogP contribution in [0.15, 0.2) is 0 Å². The summed E-state index contributed by atoms with van der Waals surface area (Å²) in [6.45, 7) is 5.48. The van der Waals surface area contributed by atoms with Gasteiger partial charge in [-0.05, 0) is 50.5 Å². The summed E-state index contributed by atoms with van der Waals surface area (Å²) in [5.74, 6) is 0.920. The molecule has 2 fully saturated rings.